The molecule has 19 heavy (non-hydrogen) atoms. The van der Waals surface area contributed by atoms with Crippen LogP contribution < -0.4 is 5.32 Å². The third-order valence-electron chi connectivity index (χ3n) is 3.32. The lowest BCUT2D eigenvalue weighted by Crippen LogP contribution is -2.45. The second-order valence-corrected chi connectivity index (χ2v) is 6.01. The Balaban J connectivity index is 2.03. The molecule has 0 saturated carbocycles. The highest BCUT2D eigenvalue weighted by Crippen LogP contribution is 2.25. The van der Waals surface area contributed by atoms with Gasteiger partial charge in [0.1, 0.15) is 0 Å². The van der Waals surface area contributed by atoms with Crippen molar-refractivity contribution < 1.29 is 14.7 Å². The lowest BCUT2D eigenvalue weighted by atomic mass is 9.96. The van der Waals surface area contributed by atoms with Gasteiger partial charge < -0.3 is 15.3 Å². The van der Waals surface area contributed by atoms with Gasteiger partial charge in [-0.15, -0.1) is 11.3 Å². The van der Waals surface area contributed by atoms with Crippen LogP contribution in [0, 0.1) is 5.92 Å². The first-order chi connectivity index (χ1) is 8.97. The first-order valence-electron chi connectivity index (χ1n) is 6.32. The fraction of sp³-hybridized carbons (Fsp3) is 0.538. The molecule has 1 aliphatic rings. The molecule has 0 radical (unpaired) electrons. The van der Waals surface area contributed by atoms with Crippen LogP contribution in [-0.2, 0) is 4.79 Å². The van der Waals surface area contributed by atoms with Crippen LogP contribution in [0.15, 0.2) is 12.1 Å². The number of likely N-dealkylation sites (tertiary alicyclic amines) is 1. The summed E-state index contributed by atoms with van der Waals surface area (Å²) in [6.07, 6.45) is 0.365. The van der Waals surface area contributed by atoms with Crippen molar-refractivity contribution in [3.05, 3.63) is 17.0 Å². The molecular formula is C13H18N2O3S. The van der Waals surface area contributed by atoms with Crippen LogP contribution in [0.2, 0.25) is 0 Å². The van der Waals surface area contributed by atoms with Gasteiger partial charge in [-0.05, 0) is 24.5 Å². The maximum Gasteiger partial charge on any atom is 0.264 e. The molecule has 1 saturated heterocycles. The van der Waals surface area contributed by atoms with Crippen molar-refractivity contribution in [2.24, 2.45) is 5.92 Å². The normalized spacial score (nSPS) is 23.2. The minimum absolute atomic E-state index is 0.0763. The Bertz CT molecular complexity index is 486. The Morgan fingerprint density at radius 1 is 1.47 bits per heavy atom. The minimum Gasteiger partial charge on any atom is -0.391 e. The lowest BCUT2D eigenvalue weighted by Gasteiger charge is -2.34. The highest BCUT2D eigenvalue weighted by atomic mass is 32.1. The van der Waals surface area contributed by atoms with Crippen molar-refractivity contribution in [2.45, 2.75) is 26.4 Å². The Kier molecular flexibility index (Phi) is 4.21. The van der Waals surface area contributed by atoms with Crippen molar-refractivity contribution in [1.82, 2.24) is 4.90 Å². The van der Waals surface area contributed by atoms with Gasteiger partial charge >= 0.3 is 0 Å². The van der Waals surface area contributed by atoms with Crippen LogP contribution in [0.1, 0.15) is 29.9 Å². The molecule has 0 aliphatic carbocycles. The van der Waals surface area contributed by atoms with Gasteiger partial charge in [-0.25, -0.2) is 0 Å². The van der Waals surface area contributed by atoms with Gasteiger partial charge in [0.25, 0.3) is 5.91 Å². The Morgan fingerprint density at radius 2 is 2.21 bits per heavy atom. The molecule has 1 aromatic heterocycles. The van der Waals surface area contributed by atoms with Crippen LogP contribution in [-0.4, -0.2) is 41.0 Å². The van der Waals surface area contributed by atoms with Crippen molar-refractivity contribution in [2.75, 3.05) is 18.4 Å². The van der Waals surface area contributed by atoms with E-state index in [-0.39, 0.29) is 17.7 Å². The second kappa shape index (κ2) is 5.71. The summed E-state index contributed by atoms with van der Waals surface area (Å²) in [4.78, 5) is 25.5. The zero-order valence-corrected chi connectivity index (χ0v) is 11.9. The predicted octanol–water partition coefficient (Wildman–Crippen LogP) is 1.55. The highest BCUT2D eigenvalue weighted by Gasteiger charge is 2.28. The average Bonchev–Trinajstić information content (AvgIpc) is 2.79. The fourth-order valence-corrected chi connectivity index (χ4v) is 3.00. The number of hydrogen-bond donors (Lipinski definition) is 2. The molecule has 2 atom stereocenters. The van der Waals surface area contributed by atoms with E-state index in [4.69, 9.17) is 0 Å². The quantitative estimate of drug-likeness (QED) is 0.864. The molecule has 0 aromatic carbocycles. The zero-order valence-electron chi connectivity index (χ0n) is 11.0. The third kappa shape index (κ3) is 3.33. The van der Waals surface area contributed by atoms with Gasteiger partial charge in [0, 0.05) is 20.0 Å². The standard InChI is InChI=1S/C13H18N2O3S/c1-8-5-6-15(7-10(8)17)13(18)11-3-4-12(19-11)14-9(2)16/h3-4,8,10,17H,5-7H2,1-2H3,(H,14,16). The van der Waals surface area contributed by atoms with E-state index < -0.39 is 6.10 Å². The van der Waals surface area contributed by atoms with E-state index in [0.29, 0.717) is 23.0 Å². The first kappa shape index (κ1) is 14.0. The van der Waals surface area contributed by atoms with Crippen molar-refractivity contribution in [3.63, 3.8) is 0 Å². The predicted molar refractivity (Wildman–Crippen MR) is 74.3 cm³/mol. The summed E-state index contributed by atoms with van der Waals surface area (Å²) < 4.78 is 0. The first-order valence-corrected chi connectivity index (χ1v) is 7.14. The maximum atomic E-state index is 12.3. The van der Waals surface area contributed by atoms with Gasteiger partial charge in [0.05, 0.1) is 16.0 Å². The summed E-state index contributed by atoms with van der Waals surface area (Å²) in [6, 6.07) is 3.44. The summed E-state index contributed by atoms with van der Waals surface area (Å²) in [7, 11) is 0. The third-order valence-corrected chi connectivity index (χ3v) is 4.31. The number of piperidine rings is 1. The molecule has 0 spiro atoms. The number of anilines is 1. The van der Waals surface area contributed by atoms with Crippen LogP contribution in [0.3, 0.4) is 0 Å². The van der Waals surface area contributed by atoms with Gasteiger partial charge in [0.15, 0.2) is 0 Å². The Morgan fingerprint density at radius 3 is 2.84 bits per heavy atom. The van der Waals surface area contributed by atoms with E-state index in [0.717, 1.165) is 6.42 Å². The number of aliphatic hydroxyl groups is 1. The van der Waals surface area contributed by atoms with Crippen molar-refractivity contribution in [3.8, 4) is 0 Å². The molecule has 1 aromatic rings. The van der Waals surface area contributed by atoms with E-state index in [1.807, 2.05) is 6.92 Å². The van der Waals surface area contributed by atoms with Gasteiger partial charge in [0.2, 0.25) is 5.91 Å². The summed E-state index contributed by atoms with van der Waals surface area (Å²) in [6.45, 7) is 4.48. The number of β-amino-alcohol motifs (C(OH)–C–C–N with tert-alkyl or cyclic N) is 1. The van der Waals surface area contributed by atoms with E-state index in [1.54, 1.807) is 17.0 Å². The molecule has 5 nitrogen and oxygen atoms in total. The second-order valence-electron chi connectivity index (χ2n) is 4.93. The van der Waals surface area contributed by atoms with Gasteiger partial charge in [-0.2, -0.15) is 0 Å². The zero-order chi connectivity index (χ0) is 14.0. The van der Waals surface area contributed by atoms with Crippen molar-refractivity contribution >= 4 is 28.2 Å². The number of carbonyl (C=O) groups is 2. The lowest BCUT2D eigenvalue weighted by molar-refractivity contribution is -0.114. The molecule has 6 heteroatoms. The number of carbonyl (C=O) groups excluding carboxylic acids is 2. The molecule has 2 unspecified atom stereocenters. The van der Waals surface area contributed by atoms with Gasteiger partial charge in [-0.1, -0.05) is 6.92 Å². The topological polar surface area (TPSA) is 69.6 Å². The Hall–Kier alpha value is -1.40. The fourth-order valence-electron chi connectivity index (χ4n) is 2.08. The Labute approximate surface area is 116 Å². The van der Waals surface area contributed by atoms with Crippen molar-refractivity contribution in [1.29, 1.82) is 0 Å². The summed E-state index contributed by atoms with van der Waals surface area (Å²) in [5, 5.41) is 13.1. The average molecular weight is 282 g/mol. The molecular weight excluding hydrogens is 264 g/mol. The monoisotopic (exact) mass is 282 g/mol. The maximum absolute atomic E-state index is 12.3. The number of aliphatic hydroxyl groups excluding tert-OH is 1. The summed E-state index contributed by atoms with van der Waals surface area (Å²) in [5.74, 6) is 0.0120. The summed E-state index contributed by atoms with van der Waals surface area (Å²) in [5.41, 5.74) is 0. The number of nitrogens with one attached hydrogen (secondary N) is 1. The van der Waals surface area contributed by atoms with Crippen LogP contribution in [0.25, 0.3) is 0 Å². The van der Waals surface area contributed by atoms with E-state index in [1.165, 1.54) is 18.3 Å². The van der Waals surface area contributed by atoms with Crippen LogP contribution in [0.4, 0.5) is 5.00 Å². The van der Waals surface area contributed by atoms with E-state index in [2.05, 4.69) is 5.32 Å². The number of amides is 2. The van der Waals surface area contributed by atoms with E-state index >= 15 is 0 Å². The van der Waals surface area contributed by atoms with Crippen LogP contribution >= 0.6 is 11.3 Å². The minimum atomic E-state index is -0.451. The number of hydrogen-bond acceptors (Lipinski definition) is 4. The molecule has 2 rings (SSSR count). The smallest absolute Gasteiger partial charge is 0.264 e. The number of thiophene rings is 1. The van der Waals surface area contributed by atoms with Gasteiger partial charge in [-0.3, -0.25) is 9.59 Å². The molecule has 2 amide bonds. The highest BCUT2D eigenvalue weighted by molar-refractivity contribution is 7.18. The molecule has 1 fully saturated rings. The molecule has 1 aliphatic heterocycles. The van der Waals surface area contributed by atoms with E-state index in [9.17, 15) is 14.7 Å². The summed E-state index contributed by atoms with van der Waals surface area (Å²) >= 11 is 1.26. The van der Waals surface area contributed by atoms with Crippen LogP contribution in [0.5, 0.6) is 0 Å². The molecule has 2 heterocycles. The molecule has 0 bridgehead atoms. The SMILES string of the molecule is CC(=O)Nc1ccc(C(=O)N2CCC(C)C(O)C2)s1. The number of rotatable bonds is 2. The molecule has 104 valence electrons. The molecule has 2 N–H and O–H groups in total. The largest absolute Gasteiger partial charge is 0.391 e. The number of nitrogens with zero attached hydrogens (tertiary/aromatic N) is 1.